The van der Waals surface area contributed by atoms with E-state index < -0.39 is 0 Å². The highest BCUT2D eigenvalue weighted by molar-refractivity contribution is 6.08. The molecule has 0 amide bonds. The summed E-state index contributed by atoms with van der Waals surface area (Å²) in [6, 6.07) is 43.3. The van der Waals surface area contributed by atoms with Gasteiger partial charge in [0.1, 0.15) is 6.54 Å². The van der Waals surface area contributed by atoms with Crippen molar-refractivity contribution in [3.63, 3.8) is 0 Å². The quantitative estimate of drug-likeness (QED) is 0.153. The van der Waals surface area contributed by atoms with Crippen LogP contribution in [-0.2, 0) is 23.7 Å². The van der Waals surface area contributed by atoms with Gasteiger partial charge in [-0.3, -0.25) is 0 Å². The van der Waals surface area contributed by atoms with E-state index in [0.717, 1.165) is 25.8 Å². The Morgan fingerprint density at radius 1 is 0.735 bits per heavy atom. The Morgan fingerprint density at radius 3 is 2.20 bits per heavy atom. The van der Waals surface area contributed by atoms with Crippen molar-refractivity contribution in [3.05, 3.63) is 167 Å². The molecule has 0 radical (unpaired) electrons. The number of anilines is 1. The fourth-order valence-electron chi connectivity index (χ4n) is 9.57. The van der Waals surface area contributed by atoms with E-state index in [9.17, 15) is 0 Å². The number of nitrogens with zero attached hydrogens (tertiary/aromatic N) is 2. The maximum atomic E-state index is 2.68. The normalized spacial score (nSPS) is 20.6. The Kier molecular flexibility index (Phi) is 8.36. The zero-order chi connectivity index (χ0) is 33.4. The fourth-order valence-corrected chi connectivity index (χ4v) is 9.57. The maximum Gasteiger partial charge on any atom is 0.210 e. The lowest BCUT2D eigenvalue weighted by atomic mass is 9.66. The highest BCUT2D eigenvalue weighted by atomic mass is 15.2. The number of allylic oxidation sites excluding steroid dienone is 4. The van der Waals surface area contributed by atoms with Crippen LogP contribution in [0.25, 0.3) is 10.8 Å². The minimum atomic E-state index is -0.197. The molecule has 3 aliphatic rings. The molecule has 2 aliphatic heterocycles. The van der Waals surface area contributed by atoms with E-state index in [-0.39, 0.29) is 10.8 Å². The molecule has 0 aromatic heterocycles. The maximum absolute atomic E-state index is 2.68. The van der Waals surface area contributed by atoms with E-state index in [1.54, 1.807) is 5.56 Å². The Labute approximate surface area is 293 Å². The van der Waals surface area contributed by atoms with Crippen LogP contribution in [0.2, 0.25) is 0 Å². The van der Waals surface area contributed by atoms with Gasteiger partial charge in [0.15, 0.2) is 5.71 Å². The number of fused-ring (bicyclic) bond motifs is 5. The summed E-state index contributed by atoms with van der Waals surface area (Å²) in [5.41, 5.74) is 12.5. The smallest absolute Gasteiger partial charge is 0.210 e. The topological polar surface area (TPSA) is 6.25 Å². The van der Waals surface area contributed by atoms with Crippen molar-refractivity contribution in [1.82, 2.24) is 0 Å². The van der Waals surface area contributed by atoms with Crippen LogP contribution < -0.4 is 4.90 Å². The molecule has 1 fully saturated rings. The first kappa shape index (κ1) is 31.6. The number of aryl methyl sites for hydroxylation is 1. The fraction of sp³-hybridized carbons (Fsp3) is 0.298. The lowest BCUT2D eigenvalue weighted by Gasteiger charge is -2.34. The van der Waals surface area contributed by atoms with Gasteiger partial charge in [0.25, 0.3) is 0 Å². The van der Waals surface area contributed by atoms with Gasteiger partial charge in [0.05, 0.1) is 5.41 Å². The van der Waals surface area contributed by atoms with Crippen LogP contribution in [0.3, 0.4) is 0 Å². The molecule has 49 heavy (non-hydrogen) atoms. The van der Waals surface area contributed by atoms with Crippen molar-refractivity contribution in [3.8, 4) is 0 Å². The standard InChI is InChI=1S/C47H49N2/c1-4-32-49-42-29-28-38-18-9-10-19-39(38)45(42)46(30-13-6-14-31-46)44(49)23-15-22-43-47(33-36-16-7-5-8-17-36,34-37-26-24-35(2)25-27-37)40-20-11-12-21-41(40)48(43)3/h5,7-12,15-29H,4,6,13-14,30-34H2,1-3H3/q+1. The summed E-state index contributed by atoms with van der Waals surface area (Å²) in [5, 5.41) is 2.80. The third kappa shape index (κ3) is 5.37. The number of hydrogen-bond acceptors (Lipinski definition) is 1. The molecule has 1 saturated carbocycles. The van der Waals surface area contributed by atoms with E-state index in [2.05, 4.69) is 164 Å². The van der Waals surface area contributed by atoms with E-state index in [4.69, 9.17) is 0 Å². The van der Waals surface area contributed by atoms with E-state index in [1.165, 1.54) is 87.9 Å². The number of hydrogen-bond donors (Lipinski definition) is 0. The van der Waals surface area contributed by atoms with E-state index >= 15 is 0 Å². The summed E-state index contributed by atoms with van der Waals surface area (Å²) in [5.74, 6) is 0. The summed E-state index contributed by atoms with van der Waals surface area (Å²) in [7, 11) is 2.27. The third-order valence-electron chi connectivity index (χ3n) is 11.7. The molecular formula is C47H49N2+. The second-order valence-corrected chi connectivity index (χ2v) is 14.8. The van der Waals surface area contributed by atoms with Gasteiger partial charge in [0, 0.05) is 48.0 Å². The zero-order valence-corrected chi connectivity index (χ0v) is 29.5. The molecule has 0 saturated heterocycles. The van der Waals surface area contributed by atoms with Gasteiger partial charge in [-0.15, -0.1) is 0 Å². The van der Waals surface area contributed by atoms with Crippen LogP contribution in [0.1, 0.15) is 73.3 Å². The number of likely N-dealkylation sites (N-methyl/N-ethyl adjacent to an activating group) is 1. The van der Waals surface area contributed by atoms with E-state index in [1.807, 2.05) is 0 Å². The van der Waals surface area contributed by atoms with Gasteiger partial charge in [-0.1, -0.05) is 135 Å². The van der Waals surface area contributed by atoms with Crippen molar-refractivity contribution in [2.75, 3.05) is 18.5 Å². The summed E-state index contributed by atoms with van der Waals surface area (Å²) >= 11 is 0. The second-order valence-electron chi connectivity index (χ2n) is 14.8. The van der Waals surface area contributed by atoms with Gasteiger partial charge in [0.2, 0.25) is 5.69 Å². The van der Waals surface area contributed by atoms with Gasteiger partial charge in [-0.2, -0.15) is 4.58 Å². The predicted octanol–water partition coefficient (Wildman–Crippen LogP) is 11.2. The molecule has 1 aliphatic carbocycles. The van der Waals surface area contributed by atoms with Crippen molar-refractivity contribution < 1.29 is 4.58 Å². The van der Waals surface area contributed by atoms with Crippen LogP contribution in [0.5, 0.6) is 0 Å². The molecule has 0 N–H and O–H groups in total. The minimum absolute atomic E-state index is 0.0617. The van der Waals surface area contributed by atoms with Gasteiger partial charge in [-0.25, -0.2) is 0 Å². The minimum Gasteiger partial charge on any atom is -0.347 e. The molecule has 2 heterocycles. The van der Waals surface area contributed by atoms with Crippen LogP contribution in [0.15, 0.2) is 139 Å². The van der Waals surface area contributed by atoms with Crippen LogP contribution in [0, 0.1) is 6.92 Å². The average Bonchev–Trinajstić information content (AvgIpc) is 3.51. The predicted molar refractivity (Wildman–Crippen MR) is 208 cm³/mol. The molecule has 2 nitrogen and oxygen atoms in total. The first-order chi connectivity index (χ1) is 24.0. The molecule has 5 aromatic carbocycles. The first-order valence-corrected chi connectivity index (χ1v) is 18.5. The molecule has 1 unspecified atom stereocenters. The van der Waals surface area contributed by atoms with Crippen LogP contribution in [0.4, 0.5) is 11.4 Å². The summed E-state index contributed by atoms with van der Waals surface area (Å²) < 4.78 is 2.68. The van der Waals surface area contributed by atoms with Crippen LogP contribution in [-0.4, -0.2) is 23.9 Å². The SMILES string of the molecule is CCC[N+]1=C(C=CC=C2N(C)c3ccccc3C2(Cc2ccccc2)Cc2ccc(C)cc2)C2(CCCCC2)c2c1ccc1ccccc21. The van der Waals surface area contributed by atoms with Crippen molar-refractivity contribution in [1.29, 1.82) is 0 Å². The van der Waals surface area contributed by atoms with Gasteiger partial charge in [-0.05, 0) is 78.3 Å². The average molecular weight is 642 g/mol. The molecule has 1 spiro atoms. The molecule has 2 heteroatoms. The van der Waals surface area contributed by atoms with Gasteiger partial charge < -0.3 is 4.90 Å². The first-order valence-electron chi connectivity index (χ1n) is 18.5. The highest BCUT2D eigenvalue weighted by Crippen LogP contribution is 2.53. The van der Waals surface area contributed by atoms with Crippen molar-refractivity contribution >= 4 is 27.9 Å². The molecule has 1 atom stereocenters. The summed E-state index contributed by atoms with van der Waals surface area (Å²) in [6.45, 7) is 5.55. The van der Waals surface area contributed by atoms with E-state index in [0.29, 0.717) is 0 Å². The Bertz CT molecular complexity index is 2070. The molecule has 8 rings (SSSR count). The number of rotatable bonds is 8. The second kappa shape index (κ2) is 13.0. The molecular weight excluding hydrogens is 593 g/mol. The summed E-state index contributed by atoms with van der Waals surface area (Å²) in [4.78, 5) is 2.47. The van der Waals surface area contributed by atoms with Crippen molar-refractivity contribution in [2.45, 2.75) is 76.0 Å². The lowest BCUT2D eigenvalue weighted by Crippen LogP contribution is -2.37. The van der Waals surface area contributed by atoms with Gasteiger partial charge >= 0.3 is 0 Å². The largest absolute Gasteiger partial charge is 0.347 e. The molecule has 246 valence electrons. The van der Waals surface area contributed by atoms with Crippen LogP contribution >= 0.6 is 0 Å². The summed E-state index contributed by atoms with van der Waals surface area (Å²) in [6.07, 6.45) is 16.8. The monoisotopic (exact) mass is 641 g/mol. The Balaban J connectivity index is 1.29. The van der Waals surface area contributed by atoms with Crippen molar-refractivity contribution in [2.24, 2.45) is 0 Å². The lowest BCUT2D eigenvalue weighted by molar-refractivity contribution is -0.437. The molecule has 0 bridgehead atoms. The highest BCUT2D eigenvalue weighted by Gasteiger charge is 2.52. The number of para-hydroxylation sites is 1. The number of benzene rings is 5. The molecule has 5 aromatic rings. The zero-order valence-electron chi connectivity index (χ0n) is 29.5. The Morgan fingerprint density at radius 2 is 1.43 bits per heavy atom. The third-order valence-corrected chi connectivity index (χ3v) is 11.7. The Hall–Kier alpha value is -4.69.